The average Bonchev–Trinajstić information content (AvgIpc) is 2.27. The molecule has 1 rings (SSSR count). The van der Waals surface area contributed by atoms with Crippen molar-refractivity contribution in [2.75, 3.05) is 6.61 Å². The lowest BCUT2D eigenvalue weighted by Gasteiger charge is -2.38. The van der Waals surface area contributed by atoms with Crippen molar-refractivity contribution in [1.82, 2.24) is 0 Å². The van der Waals surface area contributed by atoms with E-state index >= 15 is 0 Å². The van der Waals surface area contributed by atoms with Gasteiger partial charge in [0.2, 0.25) is 0 Å². The van der Waals surface area contributed by atoms with Gasteiger partial charge < -0.3 is 9.84 Å². The first-order chi connectivity index (χ1) is 8.24. The summed E-state index contributed by atoms with van der Waals surface area (Å²) < 4.78 is 4.83. The number of carbonyl (C=O) groups excluding carboxylic acids is 1. The Kier molecular flexibility index (Phi) is 3.94. The Morgan fingerprint density at radius 2 is 2.11 bits per heavy atom. The van der Waals surface area contributed by atoms with Gasteiger partial charge in [0.1, 0.15) is 11.1 Å². The third-order valence-corrected chi connectivity index (χ3v) is 3.25. The van der Waals surface area contributed by atoms with Crippen LogP contribution in [0.5, 0.6) is 0 Å². The molecule has 1 aliphatic rings. The Morgan fingerprint density at radius 3 is 2.44 bits per heavy atom. The van der Waals surface area contributed by atoms with E-state index in [-0.39, 0.29) is 18.7 Å². The second kappa shape index (κ2) is 4.92. The van der Waals surface area contributed by atoms with E-state index in [1.165, 1.54) is 12.3 Å². The molecule has 0 aliphatic carbocycles. The predicted octanol–water partition coefficient (Wildman–Crippen LogP) is 2.03. The molecule has 0 aromatic carbocycles. The second-order valence-corrected chi connectivity index (χ2v) is 5.30. The zero-order valence-electron chi connectivity index (χ0n) is 11.2. The number of allylic oxidation sites excluding steroid dienone is 1. The van der Waals surface area contributed by atoms with Crippen LogP contribution in [0.3, 0.4) is 0 Å². The summed E-state index contributed by atoms with van der Waals surface area (Å²) in [5, 5.41) is 9.42. The van der Waals surface area contributed by atoms with Gasteiger partial charge in [-0.25, -0.2) is 4.79 Å². The van der Waals surface area contributed by atoms with Crippen molar-refractivity contribution in [3.8, 4) is 0 Å². The molecule has 0 bridgehead atoms. The molecule has 18 heavy (non-hydrogen) atoms. The molecule has 0 spiro atoms. The van der Waals surface area contributed by atoms with Crippen LogP contribution in [0.25, 0.3) is 0 Å². The molecule has 0 saturated carbocycles. The van der Waals surface area contributed by atoms with E-state index in [1.807, 2.05) is 20.8 Å². The minimum atomic E-state index is -1.08. The van der Waals surface area contributed by atoms with Crippen molar-refractivity contribution in [3.05, 3.63) is 11.8 Å². The number of ether oxygens (including phenoxy) is 1. The van der Waals surface area contributed by atoms with Crippen LogP contribution in [0.1, 0.15) is 34.1 Å². The highest BCUT2D eigenvalue weighted by molar-refractivity contribution is 5.99. The smallest absolute Gasteiger partial charge is 0.356 e. The fourth-order valence-corrected chi connectivity index (χ4v) is 1.85. The summed E-state index contributed by atoms with van der Waals surface area (Å²) in [6.45, 7) is 7.51. The van der Waals surface area contributed by atoms with Crippen LogP contribution in [-0.4, -0.2) is 29.9 Å². The van der Waals surface area contributed by atoms with E-state index in [9.17, 15) is 14.7 Å². The van der Waals surface area contributed by atoms with Gasteiger partial charge in [0.05, 0.1) is 6.61 Å². The van der Waals surface area contributed by atoms with Crippen LogP contribution in [-0.2, 0) is 14.3 Å². The largest absolute Gasteiger partial charge is 0.481 e. The molecule has 0 amide bonds. The molecule has 1 unspecified atom stereocenters. The predicted molar refractivity (Wildman–Crippen MR) is 67.3 cm³/mol. The van der Waals surface area contributed by atoms with E-state index in [1.54, 1.807) is 6.92 Å². The first kappa shape index (κ1) is 14.4. The molecule has 0 aromatic rings. The number of hydrogen-bond acceptors (Lipinski definition) is 4. The first-order valence-corrected chi connectivity index (χ1v) is 5.90. The average molecular weight is 253 g/mol. The highest BCUT2D eigenvalue weighted by Gasteiger charge is 2.48. The molecule has 5 heteroatoms. The van der Waals surface area contributed by atoms with Gasteiger partial charge in [-0.2, -0.15) is 0 Å². The van der Waals surface area contributed by atoms with Crippen molar-refractivity contribution >= 4 is 18.2 Å². The summed E-state index contributed by atoms with van der Waals surface area (Å²) in [4.78, 5) is 26.9. The number of rotatable bonds is 3. The third kappa shape index (κ3) is 2.44. The number of aliphatic imine (C=N–C) groups is 1. The lowest BCUT2D eigenvalue weighted by atomic mass is 9.64. The zero-order chi connectivity index (χ0) is 14.0. The number of esters is 1. The Labute approximate surface area is 107 Å². The van der Waals surface area contributed by atoms with E-state index < -0.39 is 22.8 Å². The minimum Gasteiger partial charge on any atom is -0.481 e. The van der Waals surface area contributed by atoms with Crippen molar-refractivity contribution in [1.29, 1.82) is 0 Å². The van der Waals surface area contributed by atoms with Crippen molar-refractivity contribution in [2.24, 2.45) is 15.8 Å². The van der Waals surface area contributed by atoms with Gasteiger partial charge in [-0.3, -0.25) is 9.79 Å². The summed E-state index contributed by atoms with van der Waals surface area (Å²) in [6, 6.07) is 0. The Bertz CT molecular complexity index is 417. The van der Waals surface area contributed by atoms with Crippen molar-refractivity contribution in [2.45, 2.75) is 34.1 Å². The number of hydrogen-bond donors (Lipinski definition) is 1. The second-order valence-electron chi connectivity index (χ2n) is 5.30. The fourth-order valence-electron chi connectivity index (χ4n) is 1.85. The van der Waals surface area contributed by atoms with Gasteiger partial charge >= 0.3 is 11.9 Å². The summed E-state index contributed by atoms with van der Waals surface area (Å²) in [7, 11) is 0. The van der Waals surface area contributed by atoms with E-state index in [4.69, 9.17) is 4.74 Å². The van der Waals surface area contributed by atoms with Crippen LogP contribution in [0.2, 0.25) is 0 Å². The molecule has 5 nitrogen and oxygen atoms in total. The number of carboxylic acid groups (broad SMARTS) is 1. The Balaban J connectivity index is 2.99. The quantitative estimate of drug-likeness (QED) is 0.781. The van der Waals surface area contributed by atoms with Crippen LogP contribution in [0.15, 0.2) is 16.8 Å². The van der Waals surface area contributed by atoms with Crippen LogP contribution in [0, 0.1) is 10.8 Å². The maximum absolute atomic E-state index is 11.5. The number of nitrogens with zero attached hydrogens (tertiary/aromatic N) is 1. The topological polar surface area (TPSA) is 76.0 Å². The van der Waals surface area contributed by atoms with Gasteiger partial charge in [-0.1, -0.05) is 20.8 Å². The molecular weight excluding hydrogens is 234 g/mol. The van der Waals surface area contributed by atoms with Crippen LogP contribution < -0.4 is 0 Å². The lowest BCUT2D eigenvalue weighted by Crippen LogP contribution is -2.45. The molecule has 0 fully saturated rings. The van der Waals surface area contributed by atoms with Crippen molar-refractivity contribution < 1.29 is 19.4 Å². The summed E-state index contributed by atoms with van der Waals surface area (Å²) in [6.07, 6.45) is 3.14. The van der Waals surface area contributed by atoms with E-state index in [0.717, 1.165) is 0 Å². The highest BCUT2D eigenvalue weighted by Crippen LogP contribution is 2.43. The molecule has 1 atom stereocenters. The van der Waals surface area contributed by atoms with Crippen molar-refractivity contribution in [3.63, 3.8) is 0 Å². The molecule has 0 aromatic heterocycles. The summed E-state index contributed by atoms with van der Waals surface area (Å²) in [5.74, 6) is -1.44. The molecule has 1 heterocycles. The zero-order valence-corrected chi connectivity index (χ0v) is 11.2. The van der Waals surface area contributed by atoms with Gasteiger partial charge in [0.15, 0.2) is 0 Å². The normalized spacial score (nSPS) is 23.4. The van der Waals surface area contributed by atoms with Gasteiger partial charge in [-0.15, -0.1) is 0 Å². The molecule has 0 saturated heterocycles. The molecular formula is C13H19NO4. The van der Waals surface area contributed by atoms with Gasteiger partial charge in [-0.05, 0) is 24.8 Å². The minimum absolute atomic E-state index is 0.179. The molecule has 1 aliphatic heterocycles. The highest BCUT2D eigenvalue weighted by atomic mass is 16.5. The number of carbonyl (C=O) groups is 2. The summed E-state index contributed by atoms with van der Waals surface area (Å²) >= 11 is 0. The SMILES string of the molecule is CCOC(=O)C1=CCC(C(=O)O)(C(C)(C)C)C=N1. The maximum Gasteiger partial charge on any atom is 0.356 e. The van der Waals surface area contributed by atoms with E-state index in [2.05, 4.69) is 4.99 Å². The van der Waals surface area contributed by atoms with Crippen LogP contribution >= 0.6 is 0 Å². The summed E-state index contributed by atoms with van der Waals surface area (Å²) in [5.41, 5.74) is -1.39. The number of carboxylic acids is 1. The molecule has 1 N–H and O–H groups in total. The first-order valence-electron chi connectivity index (χ1n) is 5.90. The fraction of sp³-hybridized carbons (Fsp3) is 0.615. The van der Waals surface area contributed by atoms with Crippen LogP contribution in [0.4, 0.5) is 0 Å². The lowest BCUT2D eigenvalue weighted by molar-refractivity contribution is -0.149. The Morgan fingerprint density at radius 1 is 1.50 bits per heavy atom. The standard InChI is InChI=1S/C13H19NO4/c1-5-18-10(15)9-6-7-13(8-14-9,11(16)17)12(2,3)4/h6,8H,5,7H2,1-4H3,(H,16,17). The Hall–Kier alpha value is -1.65. The van der Waals surface area contributed by atoms with E-state index in [0.29, 0.717) is 0 Å². The number of aliphatic carboxylic acids is 1. The molecule has 0 radical (unpaired) electrons. The maximum atomic E-state index is 11.5. The monoisotopic (exact) mass is 253 g/mol. The van der Waals surface area contributed by atoms with Gasteiger partial charge in [0, 0.05) is 6.21 Å². The molecule has 100 valence electrons. The van der Waals surface area contributed by atoms with Gasteiger partial charge in [0.25, 0.3) is 0 Å². The third-order valence-electron chi connectivity index (χ3n) is 3.25.